The Balaban J connectivity index is -0.0000000894. The zero-order chi connectivity index (χ0) is 23.0. The first kappa shape index (κ1) is 37.9. The van der Waals surface area contributed by atoms with E-state index >= 15 is 0 Å². The average Bonchev–Trinajstić information content (AvgIpc) is 2.57. The molecule has 0 aromatic carbocycles. The van der Waals surface area contributed by atoms with E-state index in [1.165, 1.54) is 26.2 Å². The van der Waals surface area contributed by atoms with Crippen molar-refractivity contribution >= 4 is 18.1 Å². The van der Waals surface area contributed by atoms with Gasteiger partial charge in [-0.05, 0) is 48.5 Å². The molecule has 0 aromatic heterocycles. The molecule has 0 aliphatic carbocycles. The number of carbonyl (C=O) groups excluding carboxylic acids is 3. The van der Waals surface area contributed by atoms with Crippen molar-refractivity contribution in [3.63, 3.8) is 0 Å². The van der Waals surface area contributed by atoms with Gasteiger partial charge in [-0.3, -0.25) is 9.59 Å². The molecule has 178 valence electrons. The van der Waals surface area contributed by atoms with Crippen LogP contribution in [0, 0.1) is 5.41 Å². The molecule has 0 bridgehead atoms. The van der Waals surface area contributed by atoms with E-state index in [0.29, 0.717) is 26.4 Å². The van der Waals surface area contributed by atoms with Crippen molar-refractivity contribution in [3.8, 4) is 0 Å². The van der Waals surface area contributed by atoms with E-state index in [1.54, 1.807) is 20.8 Å². The number of hydrogen-bond acceptors (Lipinski definition) is 7. The van der Waals surface area contributed by atoms with Crippen LogP contribution in [-0.2, 0) is 28.5 Å². The maximum absolute atomic E-state index is 10.8. The molecule has 0 spiro atoms. The predicted molar refractivity (Wildman–Crippen MR) is 119 cm³/mol. The highest BCUT2D eigenvalue weighted by atomic mass is 16.7. The van der Waals surface area contributed by atoms with Crippen LogP contribution in [-0.4, -0.2) is 44.5 Å². The predicted octanol–water partition coefficient (Wildman–Crippen LogP) is 6.18. The minimum Gasteiger partial charge on any atom is -0.466 e. The van der Waals surface area contributed by atoms with E-state index < -0.39 is 6.16 Å². The fraction of sp³-hybridized carbons (Fsp3) is 0.864. The summed E-state index contributed by atoms with van der Waals surface area (Å²) in [5, 5.41) is 0. The van der Waals surface area contributed by atoms with Crippen LogP contribution in [0.3, 0.4) is 0 Å². The molecule has 0 radical (unpaired) electrons. The molecular weight excluding hydrogens is 376 g/mol. The summed E-state index contributed by atoms with van der Waals surface area (Å²) in [7, 11) is 0. The number of ether oxygens (including phenoxy) is 4. The maximum atomic E-state index is 10.8. The van der Waals surface area contributed by atoms with Gasteiger partial charge in [-0.2, -0.15) is 0 Å². The third-order valence-corrected chi connectivity index (χ3v) is 2.47. The van der Waals surface area contributed by atoms with E-state index in [9.17, 15) is 14.4 Å². The zero-order valence-corrected chi connectivity index (χ0v) is 19.8. The normalized spacial score (nSPS) is 8.76. The quantitative estimate of drug-likeness (QED) is 0.371. The van der Waals surface area contributed by atoms with Crippen molar-refractivity contribution in [2.24, 2.45) is 5.41 Å². The number of unbranched alkanes of at least 4 members (excludes halogenated alkanes) is 2. The lowest BCUT2D eigenvalue weighted by atomic mass is 9.97. The van der Waals surface area contributed by atoms with Gasteiger partial charge in [0.15, 0.2) is 0 Å². The van der Waals surface area contributed by atoms with Gasteiger partial charge >= 0.3 is 18.1 Å². The van der Waals surface area contributed by atoms with Crippen LogP contribution in [0.25, 0.3) is 0 Å². The molecule has 0 rings (SSSR count). The number of carbonyl (C=O) groups is 3. The minimum absolute atomic E-state index is 0. The summed E-state index contributed by atoms with van der Waals surface area (Å²) in [6, 6.07) is 0. The van der Waals surface area contributed by atoms with Crippen molar-refractivity contribution in [2.45, 2.75) is 95.9 Å². The SMILES string of the molecule is C.CCCCC.CCOC(=O)C(C)(C)C.CCOC(=O)OCC.CCOC(C)=O. The van der Waals surface area contributed by atoms with E-state index in [2.05, 4.69) is 28.1 Å². The van der Waals surface area contributed by atoms with Gasteiger partial charge in [0.05, 0.1) is 31.8 Å². The van der Waals surface area contributed by atoms with E-state index in [0.717, 1.165) is 0 Å². The molecule has 0 heterocycles. The van der Waals surface area contributed by atoms with Crippen molar-refractivity contribution in [1.82, 2.24) is 0 Å². The van der Waals surface area contributed by atoms with Gasteiger partial charge in [-0.1, -0.05) is 40.5 Å². The van der Waals surface area contributed by atoms with Gasteiger partial charge in [0.1, 0.15) is 0 Å². The third kappa shape index (κ3) is 46.3. The van der Waals surface area contributed by atoms with E-state index in [4.69, 9.17) is 4.74 Å². The summed E-state index contributed by atoms with van der Waals surface area (Å²) in [6.45, 7) is 20.1. The number of hydrogen-bond donors (Lipinski definition) is 0. The zero-order valence-electron chi connectivity index (χ0n) is 19.8. The van der Waals surface area contributed by atoms with Crippen LogP contribution in [0.5, 0.6) is 0 Å². The Morgan fingerprint density at radius 3 is 1.10 bits per heavy atom. The Hall–Kier alpha value is -1.79. The lowest BCUT2D eigenvalue weighted by Crippen LogP contribution is -2.22. The molecule has 0 N–H and O–H groups in total. The Morgan fingerprint density at radius 2 is 1.00 bits per heavy atom. The molecule has 0 saturated heterocycles. The van der Waals surface area contributed by atoms with Crippen molar-refractivity contribution in [1.29, 1.82) is 0 Å². The van der Waals surface area contributed by atoms with Crippen LogP contribution >= 0.6 is 0 Å². The van der Waals surface area contributed by atoms with E-state index in [-0.39, 0.29) is 24.8 Å². The highest BCUT2D eigenvalue weighted by Gasteiger charge is 2.21. The molecular formula is C22H48O7. The second-order valence-corrected chi connectivity index (χ2v) is 6.36. The molecule has 0 saturated carbocycles. The van der Waals surface area contributed by atoms with E-state index in [1.807, 2.05) is 27.7 Å². The van der Waals surface area contributed by atoms with Crippen molar-refractivity contribution < 1.29 is 33.3 Å². The first-order chi connectivity index (χ1) is 13.0. The standard InChI is InChI=1S/C7H14O2.C5H10O3.C5H12.C4H8O2.CH4/c1-5-9-6(8)7(2,3)4;1-3-7-5(6)8-4-2;1-3-5-4-2;1-3-6-4(2)5;/h5H2,1-4H3;3-4H2,1-2H3;3-5H2,1-2H3;3H2,1-2H3;1H4. The topological polar surface area (TPSA) is 88.1 Å². The smallest absolute Gasteiger partial charge is 0.466 e. The molecule has 29 heavy (non-hydrogen) atoms. The largest absolute Gasteiger partial charge is 0.508 e. The minimum atomic E-state index is -0.588. The Labute approximate surface area is 179 Å². The summed E-state index contributed by atoms with van der Waals surface area (Å²) in [4.78, 5) is 30.9. The number of esters is 2. The summed E-state index contributed by atoms with van der Waals surface area (Å²) >= 11 is 0. The summed E-state index contributed by atoms with van der Waals surface area (Å²) in [6.07, 6.45) is 3.49. The molecule has 7 nitrogen and oxygen atoms in total. The summed E-state index contributed by atoms with van der Waals surface area (Å²) < 4.78 is 18.0. The van der Waals surface area contributed by atoms with Crippen LogP contribution in [0.4, 0.5) is 4.79 Å². The van der Waals surface area contributed by atoms with Gasteiger partial charge in [0, 0.05) is 6.92 Å². The lowest BCUT2D eigenvalue weighted by molar-refractivity contribution is -0.152. The fourth-order valence-electron chi connectivity index (χ4n) is 1.18. The van der Waals surface area contributed by atoms with Crippen LogP contribution in [0.1, 0.15) is 95.9 Å². The molecule has 0 aromatic rings. The van der Waals surface area contributed by atoms with Gasteiger partial charge in [-0.15, -0.1) is 0 Å². The number of rotatable bonds is 6. The molecule has 0 fully saturated rings. The van der Waals surface area contributed by atoms with Gasteiger partial charge in [0.2, 0.25) is 0 Å². The van der Waals surface area contributed by atoms with Crippen LogP contribution in [0.15, 0.2) is 0 Å². The summed E-state index contributed by atoms with van der Waals surface area (Å²) in [5.74, 6) is -0.345. The lowest BCUT2D eigenvalue weighted by Gasteiger charge is -2.14. The van der Waals surface area contributed by atoms with Crippen molar-refractivity contribution in [3.05, 3.63) is 0 Å². The van der Waals surface area contributed by atoms with Gasteiger partial charge in [0.25, 0.3) is 0 Å². The Morgan fingerprint density at radius 1 is 0.655 bits per heavy atom. The highest BCUT2D eigenvalue weighted by Crippen LogP contribution is 2.14. The Kier molecular flexibility index (Phi) is 37.1. The highest BCUT2D eigenvalue weighted by molar-refractivity contribution is 5.75. The first-order valence-electron chi connectivity index (χ1n) is 10.1. The van der Waals surface area contributed by atoms with Gasteiger partial charge in [-0.25, -0.2) is 4.79 Å². The molecule has 0 amide bonds. The first-order valence-corrected chi connectivity index (χ1v) is 10.1. The maximum Gasteiger partial charge on any atom is 0.508 e. The molecule has 0 unspecified atom stereocenters. The monoisotopic (exact) mass is 424 g/mol. The molecule has 7 heteroatoms. The molecule has 0 aliphatic heterocycles. The van der Waals surface area contributed by atoms with Gasteiger partial charge < -0.3 is 18.9 Å². The van der Waals surface area contributed by atoms with Crippen LogP contribution < -0.4 is 0 Å². The fourth-order valence-corrected chi connectivity index (χ4v) is 1.18. The molecule has 0 atom stereocenters. The Bertz CT molecular complexity index is 351. The average molecular weight is 425 g/mol. The second-order valence-electron chi connectivity index (χ2n) is 6.36. The molecule has 0 aliphatic rings. The second kappa shape index (κ2) is 28.4. The van der Waals surface area contributed by atoms with Crippen molar-refractivity contribution in [2.75, 3.05) is 26.4 Å². The third-order valence-electron chi connectivity index (χ3n) is 2.47. The van der Waals surface area contributed by atoms with Crippen LogP contribution in [0.2, 0.25) is 0 Å². The summed E-state index contributed by atoms with van der Waals surface area (Å²) in [5.41, 5.74) is -0.351.